The summed E-state index contributed by atoms with van der Waals surface area (Å²) in [5.74, 6) is -0.0553. The van der Waals surface area contributed by atoms with Crippen LogP contribution in [-0.2, 0) is 21.3 Å². The molecule has 25 heavy (non-hydrogen) atoms. The van der Waals surface area contributed by atoms with E-state index in [4.69, 9.17) is 9.47 Å². The lowest BCUT2D eigenvalue weighted by molar-refractivity contribution is -0.117. The van der Waals surface area contributed by atoms with Gasteiger partial charge >= 0.3 is 0 Å². The number of carbonyl (C=O) groups excluding carboxylic acids is 1. The van der Waals surface area contributed by atoms with E-state index in [0.29, 0.717) is 19.6 Å². The first-order chi connectivity index (χ1) is 12.2. The molecule has 0 aliphatic carbocycles. The van der Waals surface area contributed by atoms with E-state index in [1.54, 1.807) is 6.20 Å². The third-order valence-electron chi connectivity index (χ3n) is 3.94. The first kappa shape index (κ1) is 18.0. The van der Waals surface area contributed by atoms with E-state index in [0.717, 1.165) is 35.2 Å². The number of imidazole rings is 1. The maximum atomic E-state index is 12.2. The molecule has 1 unspecified atom stereocenters. The first-order valence-electron chi connectivity index (χ1n) is 8.46. The highest BCUT2D eigenvalue weighted by Gasteiger charge is 2.15. The number of para-hydroxylation sites is 1. The van der Waals surface area contributed by atoms with Crippen LogP contribution in [0.1, 0.15) is 19.3 Å². The van der Waals surface area contributed by atoms with Crippen molar-refractivity contribution in [3.05, 3.63) is 36.7 Å². The van der Waals surface area contributed by atoms with E-state index in [1.807, 2.05) is 42.1 Å². The van der Waals surface area contributed by atoms with Crippen molar-refractivity contribution in [2.24, 2.45) is 7.05 Å². The van der Waals surface area contributed by atoms with Crippen LogP contribution in [0.25, 0.3) is 0 Å². The van der Waals surface area contributed by atoms with Crippen molar-refractivity contribution in [1.29, 1.82) is 0 Å². The van der Waals surface area contributed by atoms with Gasteiger partial charge in [-0.1, -0.05) is 12.1 Å². The van der Waals surface area contributed by atoms with Crippen molar-refractivity contribution < 1.29 is 14.3 Å². The van der Waals surface area contributed by atoms with E-state index < -0.39 is 0 Å². The predicted octanol–water partition coefficient (Wildman–Crippen LogP) is 3.10. The first-order valence-corrected chi connectivity index (χ1v) is 9.27. The largest absolute Gasteiger partial charge is 0.378 e. The lowest BCUT2D eigenvalue weighted by Crippen LogP contribution is -2.18. The number of nitrogens with one attached hydrogen (secondary N) is 1. The number of aromatic nitrogens is 2. The molecule has 0 radical (unpaired) electrons. The molecule has 1 amide bonds. The second-order valence-electron chi connectivity index (χ2n) is 5.93. The van der Waals surface area contributed by atoms with Gasteiger partial charge in [0.2, 0.25) is 5.91 Å². The lowest BCUT2D eigenvalue weighted by Gasteiger charge is -2.12. The zero-order valence-corrected chi connectivity index (χ0v) is 15.1. The minimum Gasteiger partial charge on any atom is -0.378 e. The maximum absolute atomic E-state index is 12.2. The summed E-state index contributed by atoms with van der Waals surface area (Å²) >= 11 is 1.52. The fraction of sp³-hybridized carbons (Fsp3) is 0.444. The predicted molar refractivity (Wildman–Crippen MR) is 96.8 cm³/mol. The Hall–Kier alpha value is -1.83. The summed E-state index contributed by atoms with van der Waals surface area (Å²) in [5.41, 5.74) is 0.791. The van der Waals surface area contributed by atoms with Crippen LogP contribution < -0.4 is 5.32 Å². The van der Waals surface area contributed by atoms with Gasteiger partial charge in [-0.05, 0) is 36.7 Å². The SMILES string of the molecule is Cn1ccnc1Sc1ccccc1NC(=O)CCOCC1CCCO1. The molecule has 1 aliphatic rings. The summed E-state index contributed by atoms with van der Waals surface area (Å²) in [6, 6.07) is 7.73. The molecule has 0 saturated carbocycles. The van der Waals surface area contributed by atoms with E-state index in [9.17, 15) is 4.79 Å². The molecule has 134 valence electrons. The topological polar surface area (TPSA) is 65.4 Å². The second-order valence-corrected chi connectivity index (χ2v) is 6.94. The molecule has 2 heterocycles. The lowest BCUT2D eigenvalue weighted by atomic mass is 10.2. The molecule has 7 heteroatoms. The van der Waals surface area contributed by atoms with Crippen molar-refractivity contribution in [1.82, 2.24) is 9.55 Å². The van der Waals surface area contributed by atoms with Crippen LogP contribution in [0.4, 0.5) is 5.69 Å². The number of amides is 1. The minimum absolute atomic E-state index is 0.0553. The molecule has 6 nitrogen and oxygen atoms in total. The monoisotopic (exact) mass is 361 g/mol. The van der Waals surface area contributed by atoms with Gasteiger partial charge < -0.3 is 19.4 Å². The highest BCUT2D eigenvalue weighted by molar-refractivity contribution is 7.99. The van der Waals surface area contributed by atoms with Crippen molar-refractivity contribution in [2.75, 3.05) is 25.1 Å². The van der Waals surface area contributed by atoms with Crippen LogP contribution in [-0.4, -0.2) is 41.4 Å². The standard InChI is InChI=1S/C18H23N3O3S/c1-21-10-9-19-18(21)25-16-7-3-2-6-15(16)20-17(22)8-12-23-13-14-5-4-11-24-14/h2-3,6-7,9-10,14H,4-5,8,11-13H2,1H3,(H,20,22). The normalized spacial score (nSPS) is 16.9. The minimum atomic E-state index is -0.0553. The smallest absolute Gasteiger partial charge is 0.226 e. The Morgan fingerprint density at radius 2 is 2.36 bits per heavy atom. The molecule has 1 fully saturated rings. The van der Waals surface area contributed by atoms with Crippen molar-refractivity contribution in [3.63, 3.8) is 0 Å². The summed E-state index contributed by atoms with van der Waals surface area (Å²) in [5, 5.41) is 3.84. The third kappa shape index (κ3) is 5.32. The molecule has 1 aromatic carbocycles. The van der Waals surface area contributed by atoms with Crippen LogP contribution in [0, 0.1) is 0 Å². The number of carbonyl (C=O) groups is 1. The van der Waals surface area contributed by atoms with Gasteiger partial charge in [-0.15, -0.1) is 0 Å². The highest BCUT2D eigenvalue weighted by atomic mass is 32.2. The van der Waals surface area contributed by atoms with Crippen molar-refractivity contribution in [3.8, 4) is 0 Å². The summed E-state index contributed by atoms with van der Waals surface area (Å²) in [7, 11) is 1.95. The third-order valence-corrected chi connectivity index (χ3v) is 5.09. The van der Waals surface area contributed by atoms with Crippen LogP contribution in [0.15, 0.2) is 46.7 Å². The van der Waals surface area contributed by atoms with Crippen LogP contribution in [0.5, 0.6) is 0 Å². The number of rotatable bonds is 8. The molecule has 3 rings (SSSR count). The Balaban J connectivity index is 1.48. The highest BCUT2D eigenvalue weighted by Crippen LogP contribution is 2.32. The average molecular weight is 361 g/mol. The van der Waals surface area contributed by atoms with E-state index in [-0.39, 0.29) is 12.0 Å². The molecule has 1 saturated heterocycles. The second kappa shape index (κ2) is 9.03. The van der Waals surface area contributed by atoms with Gasteiger partial charge in [-0.3, -0.25) is 4.79 Å². The van der Waals surface area contributed by atoms with Crippen molar-refractivity contribution >= 4 is 23.4 Å². The Bertz CT molecular complexity index is 698. The molecular weight excluding hydrogens is 338 g/mol. The van der Waals surface area contributed by atoms with Gasteiger partial charge in [-0.2, -0.15) is 0 Å². The summed E-state index contributed by atoms with van der Waals surface area (Å²) in [6.45, 7) is 1.79. The van der Waals surface area contributed by atoms with E-state index in [2.05, 4.69) is 10.3 Å². The summed E-state index contributed by atoms with van der Waals surface area (Å²) in [6.07, 6.45) is 6.32. The number of nitrogens with zero attached hydrogens (tertiary/aromatic N) is 2. The zero-order valence-electron chi connectivity index (χ0n) is 14.3. The van der Waals surface area contributed by atoms with Gasteiger partial charge in [0.15, 0.2) is 5.16 Å². The zero-order chi connectivity index (χ0) is 17.5. The summed E-state index contributed by atoms with van der Waals surface area (Å²) < 4.78 is 13.0. The quantitative estimate of drug-likeness (QED) is 0.732. The molecule has 1 atom stereocenters. The maximum Gasteiger partial charge on any atom is 0.226 e. The molecular formula is C18H23N3O3S. The Morgan fingerprint density at radius 1 is 1.48 bits per heavy atom. The Labute approximate surface area is 151 Å². The average Bonchev–Trinajstić information content (AvgIpc) is 3.26. The molecule has 0 bridgehead atoms. The van der Waals surface area contributed by atoms with Crippen LogP contribution >= 0.6 is 11.8 Å². The Morgan fingerprint density at radius 3 is 3.12 bits per heavy atom. The van der Waals surface area contributed by atoms with Gasteiger partial charge in [-0.25, -0.2) is 4.98 Å². The number of aryl methyl sites for hydroxylation is 1. The van der Waals surface area contributed by atoms with Gasteiger partial charge in [0.1, 0.15) is 0 Å². The van der Waals surface area contributed by atoms with Crippen molar-refractivity contribution in [2.45, 2.75) is 35.4 Å². The summed E-state index contributed by atoms with van der Waals surface area (Å²) in [4.78, 5) is 17.5. The Kier molecular flexibility index (Phi) is 6.49. The molecule has 1 aliphatic heterocycles. The number of hydrogen-bond acceptors (Lipinski definition) is 5. The van der Waals surface area contributed by atoms with E-state index >= 15 is 0 Å². The van der Waals surface area contributed by atoms with Gasteiger partial charge in [0, 0.05) is 30.9 Å². The van der Waals surface area contributed by atoms with E-state index in [1.165, 1.54) is 11.8 Å². The molecule has 2 aromatic rings. The number of anilines is 1. The molecule has 1 N–H and O–H groups in total. The fourth-order valence-electron chi connectivity index (χ4n) is 2.58. The van der Waals surface area contributed by atoms with Crippen LogP contribution in [0.2, 0.25) is 0 Å². The van der Waals surface area contributed by atoms with Gasteiger partial charge in [0.05, 0.1) is 31.4 Å². The number of benzene rings is 1. The molecule has 0 spiro atoms. The number of hydrogen-bond donors (Lipinski definition) is 1. The fourth-order valence-corrected chi connectivity index (χ4v) is 3.47. The molecule has 1 aromatic heterocycles. The van der Waals surface area contributed by atoms with Gasteiger partial charge in [0.25, 0.3) is 0 Å². The van der Waals surface area contributed by atoms with Crippen LogP contribution in [0.3, 0.4) is 0 Å². The number of ether oxygens (including phenoxy) is 2.